The summed E-state index contributed by atoms with van der Waals surface area (Å²) in [5.74, 6) is -0.915. The maximum atomic E-state index is 12.6. The van der Waals surface area contributed by atoms with E-state index in [0.29, 0.717) is 11.7 Å². The Morgan fingerprint density at radius 3 is 2.17 bits per heavy atom. The molecule has 2 nitrogen and oxygen atoms in total. The Balaban J connectivity index is 2.95. The van der Waals surface area contributed by atoms with E-state index < -0.39 is 26.6 Å². The Labute approximate surface area is 142 Å². The molecular weight excluding hydrogens is 331 g/mol. The van der Waals surface area contributed by atoms with Gasteiger partial charge >= 0.3 is 6.18 Å². The number of para-hydroxylation sites is 1. The van der Waals surface area contributed by atoms with Gasteiger partial charge in [-0.2, -0.15) is 13.2 Å². The first kappa shape index (κ1) is 20.2. The number of allylic oxidation sites excluding steroid dienone is 2. The standard InChI is InChI=1S/C18H24F3NOSi/c1-4-12-24(3,13-5-2)14-11-22(16-9-7-6-8-10-16)17(23)15-18(19,20)21/h4-10H,1-2,11-15H2,3H3. The summed E-state index contributed by atoms with van der Waals surface area (Å²) >= 11 is 0. The SMILES string of the molecule is C=CC[Si](C)(CC=C)CCN(C(=O)CC(F)(F)F)c1ccccc1. The van der Waals surface area contributed by atoms with Crippen LogP contribution < -0.4 is 4.90 Å². The largest absolute Gasteiger partial charge is 0.397 e. The molecule has 0 aliphatic rings. The first-order valence-corrected chi connectivity index (χ1v) is 11.0. The van der Waals surface area contributed by atoms with E-state index in [2.05, 4.69) is 19.7 Å². The molecule has 6 heteroatoms. The molecule has 0 spiro atoms. The van der Waals surface area contributed by atoms with Gasteiger partial charge in [0.15, 0.2) is 0 Å². The maximum Gasteiger partial charge on any atom is 0.397 e. The second-order valence-corrected chi connectivity index (χ2v) is 11.2. The third-order valence-corrected chi connectivity index (χ3v) is 7.91. The molecule has 0 N–H and O–H groups in total. The van der Waals surface area contributed by atoms with Crippen molar-refractivity contribution in [2.24, 2.45) is 0 Å². The van der Waals surface area contributed by atoms with Crippen molar-refractivity contribution in [3.8, 4) is 0 Å². The summed E-state index contributed by atoms with van der Waals surface area (Å²) in [6.45, 7) is 9.98. The fraction of sp³-hybridized carbons (Fsp3) is 0.389. The molecule has 1 amide bonds. The summed E-state index contributed by atoms with van der Waals surface area (Å²) < 4.78 is 37.9. The van der Waals surface area contributed by atoms with Crippen LogP contribution >= 0.6 is 0 Å². The zero-order chi connectivity index (χ0) is 18.2. The molecule has 0 heterocycles. The van der Waals surface area contributed by atoms with E-state index in [1.54, 1.807) is 30.3 Å². The van der Waals surface area contributed by atoms with Crippen LogP contribution in [0.5, 0.6) is 0 Å². The van der Waals surface area contributed by atoms with Crippen molar-refractivity contribution in [3.05, 3.63) is 55.6 Å². The van der Waals surface area contributed by atoms with Gasteiger partial charge in [-0.25, -0.2) is 0 Å². The lowest BCUT2D eigenvalue weighted by atomic mass is 10.2. The van der Waals surface area contributed by atoms with E-state index in [1.165, 1.54) is 4.90 Å². The first-order chi connectivity index (χ1) is 11.2. The number of hydrogen-bond acceptors (Lipinski definition) is 1. The number of carbonyl (C=O) groups excluding carboxylic acids is 1. The van der Waals surface area contributed by atoms with Gasteiger partial charge in [-0.1, -0.05) is 36.9 Å². The van der Waals surface area contributed by atoms with E-state index in [-0.39, 0.29) is 6.54 Å². The molecule has 0 fully saturated rings. The molecule has 1 aromatic carbocycles. The first-order valence-electron chi connectivity index (χ1n) is 7.85. The minimum atomic E-state index is -4.51. The summed E-state index contributed by atoms with van der Waals surface area (Å²) in [5.41, 5.74) is 0.500. The quantitative estimate of drug-likeness (QED) is 0.428. The second-order valence-electron chi connectivity index (χ2n) is 6.22. The molecule has 0 saturated heterocycles. The van der Waals surface area contributed by atoms with Gasteiger partial charge in [-0.05, 0) is 30.3 Å². The molecule has 0 radical (unpaired) electrons. The Morgan fingerprint density at radius 1 is 1.17 bits per heavy atom. The van der Waals surface area contributed by atoms with E-state index in [1.807, 2.05) is 12.2 Å². The summed E-state index contributed by atoms with van der Waals surface area (Å²) in [6, 6.07) is 10.9. The highest BCUT2D eigenvalue weighted by atomic mass is 28.3. The van der Waals surface area contributed by atoms with Gasteiger partial charge in [0.25, 0.3) is 0 Å². The average Bonchev–Trinajstić information content (AvgIpc) is 2.47. The molecule has 0 atom stereocenters. The van der Waals surface area contributed by atoms with Crippen molar-refractivity contribution >= 4 is 19.7 Å². The number of nitrogens with zero attached hydrogens (tertiary/aromatic N) is 1. The predicted octanol–water partition coefficient (Wildman–Crippen LogP) is 5.42. The summed E-state index contributed by atoms with van der Waals surface area (Å²) in [4.78, 5) is 13.4. The van der Waals surface area contributed by atoms with Crippen LogP contribution in [0.4, 0.5) is 18.9 Å². The highest BCUT2D eigenvalue weighted by Crippen LogP contribution is 2.27. The van der Waals surface area contributed by atoms with Gasteiger partial charge < -0.3 is 4.90 Å². The highest BCUT2D eigenvalue weighted by molar-refractivity contribution is 6.79. The van der Waals surface area contributed by atoms with Gasteiger partial charge in [0, 0.05) is 12.2 Å². The zero-order valence-corrected chi connectivity index (χ0v) is 15.0. The third kappa shape index (κ3) is 6.74. The number of halogens is 3. The third-order valence-electron chi connectivity index (χ3n) is 3.93. The fourth-order valence-corrected chi connectivity index (χ4v) is 5.37. The Bertz CT molecular complexity index is 547. The topological polar surface area (TPSA) is 20.3 Å². The van der Waals surface area contributed by atoms with Gasteiger partial charge in [-0.3, -0.25) is 4.79 Å². The molecular formula is C18H24F3NOSi. The van der Waals surface area contributed by atoms with Crippen LogP contribution in [0.3, 0.4) is 0 Å². The Kier molecular flexibility index (Phi) is 7.47. The normalized spacial score (nSPS) is 11.8. The Morgan fingerprint density at radius 2 is 1.71 bits per heavy atom. The van der Waals surface area contributed by atoms with Gasteiger partial charge in [0.05, 0.1) is 8.07 Å². The number of hydrogen-bond donors (Lipinski definition) is 0. The fourth-order valence-electron chi connectivity index (χ4n) is 2.64. The predicted molar refractivity (Wildman–Crippen MR) is 95.9 cm³/mol. The molecule has 132 valence electrons. The molecule has 1 aromatic rings. The lowest BCUT2D eigenvalue weighted by molar-refractivity contribution is -0.151. The lowest BCUT2D eigenvalue weighted by Crippen LogP contribution is -2.39. The highest BCUT2D eigenvalue weighted by Gasteiger charge is 2.35. The number of rotatable bonds is 9. The summed E-state index contributed by atoms with van der Waals surface area (Å²) in [5, 5.41) is 0. The number of amides is 1. The van der Waals surface area contributed by atoms with Crippen LogP contribution in [0.25, 0.3) is 0 Å². The molecule has 0 bridgehead atoms. The van der Waals surface area contributed by atoms with E-state index >= 15 is 0 Å². The molecule has 0 aromatic heterocycles. The molecule has 1 rings (SSSR count). The van der Waals surface area contributed by atoms with Gasteiger partial charge in [-0.15, -0.1) is 13.2 Å². The smallest absolute Gasteiger partial charge is 0.312 e. The van der Waals surface area contributed by atoms with Crippen molar-refractivity contribution in [3.63, 3.8) is 0 Å². The second kappa shape index (κ2) is 8.87. The van der Waals surface area contributed by atoms with Crippen molar-refractivity contribution < 1.29 is 18.0 Å². The van der Waals surface area contributed by atoms with Gasteiger partial charge in [0.1, 0.15) is 6.42 Å². The average molecular weight is 355 g/mol. The minimum Gasteiger partial charge on any atom is -0.312 e. The van der Waals surface area contributed by atoms with E-state index in [0.717, 1.165) is 12.1 Å². The van der Waals surface area contributed by atoms with E-state index in [9.17, 15) is 18.0 Å². The van der Waals surface area contributed by atoms with Crippen LogP contribution in [0, 0.1) is 0 Å². The monoisotopic (exact) mass is 355 g/mol. The minimum absolute atomic E-state index is 0.281. The number of benzene rings is 1. The molecule has 0 aliphatic carbocycles. The van der Waals surface area contributed by atoms with Crippen LogP contribution in [0.1, 0.15) is 6.42 Å². The summed E-state index contributed by atoms with van der Waals surface area (Å²) in [6.07, 6.45) is -2.25. The van der Waals surface area contributed by atoms with Crippen molar-refractivity contribution in [2.45, 2.75) is 37.3 Å². The van der Waals surface area contributed by atoms with E-state index in [4.69, 9.17) is 0 Å². The number of anilines is 1. The van der Waals surface area contributed by atoms with Crippen LogP contribution in [-0.4, -0.2) is 26.7 Å². The van der Waals surface area contributed by atoms with Crippen LogP contribution in [0.2, 0.25) is 24.7 Å². The number of carbonyl (C=O) groups is 1. The molecule has 0 saturated carbocycles. The maximum absolute atomic E-state index is 12.6. The number of alkyl halides is 3. The molecule has 0 unspecified atom stereocenters. The lowest BCUT2D eigenvalue weighted by Gasteiger charge is -2.30. The molecule has 24 heavy (non-hydrogen) atoms. The van der Waals surface area contributed by atoms with Crippen LogP contribution in [-0.2, 0) is 4.79 Å². The van der Waals surface area contributed by atoms with Gasteiger partial charge in [0.2, 0.25) is 5.91 Å². The zero-order valence-electron chi connectivity index (χ0n) is 14.0. The molecule has 0 aliphatic heterocycles. The van der Waals surface area contributed by atoms with Crippen molar-refractivity contribution in [2.75, 3.05) is 11.4 Å². The van der Waals surface area contributed by atoms with Crippen LogP contribution in [0.15, 0.2) is 55.6 Å². The van der Waals surface area contributed by atoms with Crippen molar-refractivity contribution in [1.82, 2.24) is 0 Å². The van der Waals surface area contributed by atoms with Crippen molar-refractivity contribution in [1.29, 1.82) is 0 Å². The summed E-state index contributed by atoms with van der Waals surface area (Å²) in [7, 11) is -1.76. The Hall–Kier alpha value is -1.82.